The molecule has 0 aliphatic carbocycles. The van der Waals surface area contributed by atoms with E-state index in [1.807, 2.05) is 0 Å². The molecular formula is C14H28O4Si. The van der Waals surface area contributed by atoms with E-state index >= 15 is 0 Å². The molecule has 0 aromatic heterocycles. The monoisotopic (exact) mass is 288 g/mol. The average Bonchev–Trinajstić information content (AvgIpc) is 2.30. The van der Waals surface area contributed by atoms with Gasteiger partial charge in [0.1, 0.15) is 0 Å². The van der Waals surface area contributed by atoms with Gasteiger partial charge in [-0.15, -0.1) is 6.58 Å². The number of ether oxygens (including phenoxy) is 1. The van der Waals surface area contributed by atoms with Gasteiger partial charge in [-0.05, 0) is 24.6 Å². The predicted octanol–water partition coefficient (Wildman–Crippen LogP) is 2.73. The number of carbonyl (C=O) groups is 1. The molecule has 0 aliphatic rings. The van der Waals surface area contributed by atoms with Crippen LogP contribution in [0.2, 0.25) is 18.1 Å². The minimum atomic E-state index is -1.92. The maximum Gasteiger partial charge on any atom is 0.311 e. The van der Waals surface area contributed by atoms with Crippen LogP contribution in [0, 0.1) is 5.92 Å². The number of rotatable bonds is 7. The van der Waals surface area contributed by atoms with Gasteiger partial charge in [0.05, 0.1) is 25.7 Å². The van der Waals surface area contributed by atoms with Gasteiger partial charge in [0.2, 0.25) is 0 Å². The largest absolute Gasteiger partial charge is 0.469 e. The third-order valence-corrected chi connectivity index (χ3v) is 8.31. The summed E-state index contributed by atoms with van der Waals surface area (Å²) in [5.74, 6) is -1.03. The Bertz CT molecular complexity index is 307. The summed E-state index contributed by atoms with van der Waals surface area (Å²) < 4.78 is 10.6. The standard InChI is InChI=1S/C14H28O4Si/c1-8-9-11(13(16)17-5)12(15)10-18-19(6,7)14(2,3)4/h8,11-12,15H,1,9-10H2,2-7H3/t11-,12-/m0/s1. The molecule has 0 amide bonds. The molecule has 2 atom stereocenters. The Morgan fingerprint density at radius 2 is 1.95 bits per heavy atom. The Hall–Kier alpha value is -0.653. The minimum Gasteiger partial charge on any atom is -0.469 e. The fourth-order valence-corrected chi connectivity index (χ4v) is 2.39. The van der Waals surface area contributed by atoms with Crippen LogP contribution in [0.5, 0.6) is 0 Å². The lowest BCUT2D eigenvalue weighted by atomic mass is 9.99. The number of hydrogen-bond acceptors (Lipinski definition) is 4. The third kappa shape index (κ3) is 5.46. The lowest BCUT2D eigenvalue weighted by molar-refractivity contribution is -0.150. The van der Waals surface area contributed by atoms with Crippen LogP contribution in [0.4, 0.5) is 0 Å². The second-order valence-electron chi connectivity index (χ2n) is 6.29. The highest BCUT2D eigenvalue weighted by molar-refractivity contribution is 6.74. The van der Waals surface area contributed by atoms with Crippen molar-refractivity contribution in [3.05, 3.63) is 12.7 Å². The van der Waals surface area contributed by atoms with Crippen LogP contribution in [0.3, 0.4) is 0 Å². The summed E-state index contributed by atoms with van der Waals surface area (Å²) in [4.78, 5) is 11.6. The zero-order valence-electron chi connectivity index (χ0n) is 13.0. The van der Waals surface area contributed by atoms with Crippen LogP contribution < -0.4 is 0 Å². The quantitative estimate of drug-likeness (QED) is 0.444. The number of methoxy groups -OCH3 is 1. The number of esters is 1. The van der Waals surface area contributed by atoms with Crippen LogP contribution >= 0.6 is 0 Å². The lowest BCUT2D eigenvalue weighted by Gasteiger charge is -2.37. The van der Waals surface area contributed by atoms with Crippen molar-refractivity contribution in [3.63, 3.8) is 0 Å². The van der Waals surface area contributed by atoms with E-state index < -0.39 is 26.3 Å². The van der Waals surface area contributed by atoms with Gasteiger partial charge in [0.25, 0.3) is 0 Å². The summed E-state index contributed by atoms with van der Waals surface area (Å²) in [5, 5.41) is 10.2. The molecule has 0 rings (SSSR count). The molecule has 0 aliphatic heterocycles. The predicted molar refractivity (Wildman–Crippen MR) is 79.5 cm³/mol. The van der Waals surface area contributed by atoms with E-state index in [9.17, 15) is 9.90 Å². The molecule has 0 fully saturated rings. The van der Waals surface area contributed by atoms with Gasteiger partial charge in [-0.25, -0.2) is 0 Å². The maximum absolute atomic E-state index is 11.6. The molecule has 1 N–H and O–H groups in total. The zero-order chi connectivity index (χ0) is 15.3. The minimum absolute atomic E-state index is 0.0753. The van der Waals surface area contributed by atoms with E-state index in [1.54, 1.807) is 6.08 Å². The Kier molecular flexibility index (Phi) is 6.97. The molecule has 19 heavy (non-hydrogen) atoms. The molecule has 5 heteroatoms. The van der Waals surface area contributed by atoms with Crippen molar-refractivity contribution >= 4 is 14.3 Å². The topological polar surface area (TPSA) is 55.8 Å². The summed E-state index contributed by atoms with van der Waals surface area (Å²) in [7, 11) is -0.600. The summed E-state index contributed by atoms with van der Waals surface area (Å²) >= 11 is 0. The second-order valence-corrected chi connectivity index (χ2v) is 11.1. The highest BCUT2D eigenvalue weighted by Gasteiger charge is 2.38. The van der Waals surface area contributed by atoms with Gasteiger partial charge in [-0.3, -0.25) is 4.79 Å². The van der Waals surface area contributed by atoms with Crippen molar-refractivity contribution in [1.29, 1.82) is 0 Å². The van der Waals surface area contributed by atoms with Gasteiger partial charge in [0, 0.05) is 0 Å². The number of hydrogen-bond donors (Lipinski definition) is 1. The van der Waals surface area contributed by atoms with Crippen molar-refractivity contribution in [1.82, 2.24) is 0 Å². The number of aliphatic hydroxyl groups is 1. The molecule has 0 bridgehead atoms. The molecule has 0 aromatic rings. The molecule has 0 radical (unpaired) electrons. The first-order chi connectivity index (χ1) is 8.56. The van der Waals surface area contributed by atoms with E-state index in [-0.39, 0.29) is 11.6 Å². The third-order valence-electron chi connectivity index (χ3n) is 3.81. The van der Waals surface area contributed by atoms with Gasteiger partial charge in [0.15, 0.2) is 8.32 Å². The van der Waals surface area contributed by atoms with Crippen LogP contribution in [0.15, 0.2) is 12.7 Å². The molecule has 0 saturated carbocycles. The Morgan fingerprint density at radius 3 is 2.32 bits per heavy atom. The average molecular weight is 288 g/mol. The molecule has 0 aromatic carbocycles. The van der Waals surface area contributed by atoms with Crippen molar-refractivity contribution in [2.75, 3.05) is 13.7 Å². The molecule has 0 spiro atoms. The van der Waals surface area contributed by atoms with E-state index in [2.05, 4.69) is 40.4 Å². The Morgan fingerprint density at radius 1 is 1.42 bits per heavy atom. The lowest BCUT2D eigenvalue weighted by Crippen LogP contribution is -2.44. The maximum atomic E-state index is 11.6. The van der Waals surface area contributed by atoms with E-state index in [0.29, 0.717) is 6.42 Å². The first-order valence-corrected chi connectivity index (χ1v) is 9.48. The normalized spacial score (nSPS) is 15.7. The van der Waals surface area contributed by atoms with Crippen molar-refractivity contribution in [2.24, 2.45) is 5.92 Å². The van der Waals surface area contributed by atoms with Gasteiger partial charge in [-0.1, -0.05) is 26.8 Å². The summed E-state index contributed by atoms with van der Waals surface area (Å²) in [5.41, 5.74) is 0. The summed E-state index contributed by atoms with van der Waals surface area (Å²) in [6.07, 6.45) is 1.13. The molecule has 0 heterocycles. The smallest absolute Gasteiger partial charge is 0.311 e. The van der Waals surface area contributed by atoms with Gasteiger partial charge < -0.3 is 14.3 Å². The van der Waals surface area contributed by atoms with Crippen molar-refractivity contribution in [2.45, 2.75) is 51.4 Å². The molecule has 4 nitrogen and oxygen atoms in total. The van der Waals surface area contributed by atoms with E-state index in [0.717, 1.165) is 0 Å². The second kappa shape index (κ2) is 7.22. The number of carbonyl (C=O) groups excluding carboxylic acids is 1. The molecule has 0 unspecified atom stereocenters. The fraction of sp³-hybridized carbons (Fsp3) is 0.786. The molecular weight excluding hydrogens is 260 g/mol. The number of allylic oxidation sites excluding steroid dienone is 1. The number of aliphatic hydroxyl groups excluding tert-OH is 1. The first kappa shape index (κ1) is 18.3. The van der Waals surface area contributed by atoms with Crippen LogP contribution in [0.1, 0.15) is 27.2 Å². The van der Waals surface area contributed by atoms with Crippen molar-refractivity contribution < 1.29 is 19.1 Å². The highest BCUT2D eigenvalue weighted by atomic mass is 28.4. The summed E-state index contributed by atoms with van der Waals surface area (Å²) in [6, 6.07) is 0. The Labute approximate surface area is 117 Å². The van der Waals surface area contributed by atoms with Gasteiger partial charge in [-0.2, -0.15) is 0 Å². The molecule has 112 valence electrons. The fourth-order valence-electron chi connectivity index (χ4n) is 1.37. The Balaban J connectivity index is 4.62. The first-order valence-electron chi connectivity index (χ1n) is 6.57. The zero-order valence-corrected chi connectivity index (χ0v) is 14.0. The van der Waals surface area contributed by atoms with Crippen LogP contribution in [-0.4, -0.2) is 39.2 Å². The van der Waals surface area contributed by atoms with E-state index in [1.165, 1.54) is 7.11 Å². The summed E-state index contributed by atoms with van der Waals surface area (Å²) in [6.45, 7) is 14.4. The SMILES string of the molecule is C=CC[C@H](C(=O)OC)[C@@H](O)CO[Si](C)(C)C(C)(C)C. The van der Waals surface area contributed by atoms with Gasteiger partial charge >= 0.3 is 5.97 Å². The van der Waals surface area contributed by atoms with Crippen molar-refractivity contribution in [3.8, 4) is 0 Å². The van der Waals surface area contributed by atoms with Crippen LogP contribution in [-0.2, 0) is 14.0 Å². The molecule has 0 saturated heterocycles. The van der Waals surface area contributed by atoms with E-state index in [4.69, 9.17) is 9.16 Å². The highest BCUT2D eigenvalue weighted by Crippen LogP contribution is 2.36. The van der Waals surface area contributed by atoms with Crippen LogP contribution in [0.25, 0.3) is 0 Å².